The summed E-state index contributed by atoms with van der Waals surface area (Å²) in [5, 5.41) is 3.96. The molecule has 4 aromatic rings. The number of rotatable bonds is 10. The molecule has 0 unspecified atom stereocenters. The Kier molecular flexibility index (Phi) is 9.08. The Bertz CT molecular complexity index is 1570. The lowest BCUT2D eigenvalue weighted by Crippen LogP contribution is -2.39. The second-order valence-electron chi connectivity index (χ2n) is 9.19. The van der Waals surface area contributed by atoms with E-state index in [1.165, 1.54) is 18.3 Å². The van der Waals surface area contributed by atoms with E-state index in [1.807, 2.05) is 32.0 Å². The average molecular weight is 556 g/mol. The van der Waals surface area contributed by atoms with Crippen LogP contribution >= 0.6 is 0 Å². The third-order valence-electron chi connectivity index (χ3n) is 5.97. The van der Waals surface area contributed by atoms with E-state index in [9.17, 15) is 18.0 Å². The number of amides is 1. The van der Waals surface area contributed by atoms with Crippen molar-refractivity contribution in [2.75, 3.05) is 10.8 Å². The lowest BCUT2D eigenvalue weighted by atomic mass is 10.0. The predicted molar refractivity (Wildman–Crippen MR) is 155 cm³/mol. The summed E-state index contributed by atoms with van der Waals surface area (Å²) in [5.41, 5.74) is 4.89. The number of hydrogen-bond acceptors (Lipinski definition) is 6. The van der Waals surface area contributed by atoms with Gasteiger partial charge in [0.1, 0.15) is 12.3 Å². The summed E-state index contributed by atoms with van der Waals surface area (Å²) in [4.78, 5) is 25.1. The first-order chi connectivity index (χ1) is 19.2. The van der Waals surface area contributed by atoms with Crippen LogP contribution in [0, 0.1) is 0 Å². The van der Waals surface area contributed by atoms with Crippen LogP contribution in [-0.4, -0.2) is 33.1 Å². The first-order valence-corrected chi connectivity index (χ1v) is 14.0. The van der Waals surface area contributed by atoms with E-state index in [0.29, 0.717) is 22.6 Å². The van der Waals surface area contributed by atoms with Crippen molar-refractivity contribution in [1.82, 2.24) is 5.43 Å². The lowest BCUT2D eigenvalue weighted by Gasteiger charge is -2.24. The van der Waals surface area contributed by atoms with Crippen molar-refractivity contribution in [2.45, 2.75) is 24.7 Å². The minimum Gasteiger partial charge on any atom is -0.423 e. The van der Waals surface area contributed by atoms with Crippen LogP contribution in [0.1, 0.15) is 41.3 Å². The van der Waals surface area contributed by atoms with Gasteiger partial charge in [-0.25, -0.2) is 18.6 Å². The molecule has 0 fully saturated rings. The van der Waals surface area contributed by atoms with Crippen LogP contribution in [0.4, 0.5) is 5.69 Å². The van der Waals surface area contributed by atoms with Gasteiger partial charge in [-0.05, 0) is 77.7 Å². The molecule has 0 heterocycles. The van der Waals surface area contributed by atoms with Gasteiger partial charge in [-0.15, -0.1) is 0 Å². The van der Waals surface area contributed by atoms with Crippen molar-refractivity contribution in [3.05, 3.63) is 126 Å². The van der Waals surface area contributed by atoms with Crippen LogP contribution in [0.15, 0.2) is 119 Å². The quantitative estimate of drug-likeness (QED) is 0.123. The summed E-state index contributed by atoms with van der Waals surface area (Å²) in [7, 11) is -4.02. The van der Waals surface area contributed by atoms with E-state index in [2.05, 4.69) is 10.5 Å². The summed E-state index contributed by atoms with van der Waals surface area (Å²) in [6, 6.07) is 30.3. The molecule has 9 heteroatoms. The maximum absolute atomic E-state index is 13.5. The van der Waals surface area contributed by atoms with Gasteiger partial charge in [0.25, 0.3) is 15.9 Å². The number of nitrogens with one attached hydrogen (secondary N) is 1. The normalized spacial score (nSPS) is 11.4. The molecule has 40 heavy (non-hydrogen) atoms. The molecule has 4 rings (SSSR count). The van der Waals surface area contributed by atoms with Crippen LogP contribution in [0.5, 0.6) is 5.75 Å². The fourth-order valence-corrected chi connectivity index (χ4v) is 5.21. The Balaban J connectivity index is 1.43. The van der Waals surface area contributed by atoms with Gasteiger partial charge < -0.3 is 4.74 Å². The summed E-state index contributed by atoms with van der Waals surface area (Å²) >= 11 is 0. The van der Waals surface area contributed by atoms with E-state index in [-0.39, 0.29) is 10.8 Å². The van der Waals surface area contributed by atoms with Crippen molar-refractivity contribution in [3.63, 3.8) is 0 Å². The summed E-state index contributed by atoms with van der Waals surface area (Å²) in [6.45, 7) is 3.62. The van der Waals surface area contributed by atoms with Crippen LogP contribution in [0.2, 0.25) is 0 Å². The zero-order chi connectivity index (χ0) is 28.5. The molecule has 0 aliphatic carbocycles. The molecule has 0 aliphatic heterocycles. The molecular formula is C31H29N3O5S. The van der Waals surface area contributed by atoms with Gasteiger partial charge >= 0.3 is 5.97 Å². The smallest absolute Gasteiger partial charge is 0.343 e. The molecule has 0 atom stereocenters. The Labute approximate surface area is 234 Å². The number of hydrazone groups is 1. The SMILES string of the molecule is CC(C)c1ccc(N(CC(=O)N/N=C\c2ccc(OC(=O)c3ccccc3)cc2)S(=O)(=O)c2ccccc2)cc1. The van der Waals surface area contributed by atoms with Crippen LogP contribution in [0.25, 0.3) is 0 Å². The van der Waals surface area contributed by atoms with E-state index >= 15 is 0 Å². The molecule has 8 nitrogen and oxygen atoms in total. The summed E-state index contributed by atoms with van der Waals surface area (Å²) < 4.78 is 33.3. The number of ether oxygens (including phenoxy) is 1. The number of sulfonamides is 1. The highest BCUT2D eigenvalue weighted by atomic mass is 32.2. The van der Waals surface area contributed by atoms with Crippen molar-refractivity contribution < 1.29 is 22.7 Å². The third kappa shape index (κ3) is 7.21. The molecule has 0 spiro atoms. The maximum Gasteiger partial charge on any atom is 0.343 e. The van der Waals surface area contributed by atoms with Crippen molar-refractivity contribution >= 4 is 33.8 Å². The number of esters is 1. The van der Waals surface area contributed by atoms with Gasteiger partial charge in [0.05, 0.1) is 22.4 Å². The first kappa shape index (κ1) is 28.3. The van der Waals surface area contributed by atoms with Gasteiger partial charge in [0.2, 0.25) is 0 Å². The number of carbonyl (C=O) groups is 2. The first-order valence-electron chi connectivity index (χ1n) is 12.6. The zero-order valence-corrected chi connectivity index (χ0v) is 22.9. The number of carbonyl (C=O) groups excluding carboxylic acids is 2. The molecule has 0 saturated carbocycles. The molecule has 0 radical (unpaired) electrons. The highest BCUT2D eigenvalue weighted by Crippen LogP contribution is 2.25. The van der Waals surface area contributed by atoms with Crippen LogP contribution in [-0.2, 0) is 14.8 Å². The van der Waals surface area contributed by atoms with E-state index in [0.717, 1.165) is 9.87 Å². The fourth-order valence-electron chi connectivity index (χ4n) is 3.77. The molecular weight excluding hydrogens is 526 g/mol. The molecule has 0 aliphatic rings. The lowest BCUT2D eigenvalue weighted by molar-refractivity contribution is -0.119. The predicted octanol–water partition coefficient (Wildman–Crippen LogP) is 5.37. The number of nitrogens with zero attached hydrogens (tertiary/aromatic N) is 2. The van der Waals surface area contributed by atoms with E-state index in [4.69, 9.17) is 4.74 Å². The average Bonchev–Trinajstić information content (AvgIpc) is 2.97. The standard InChI is InChI=1S/C31H29N3O5S/c1-23(2)25-15-17-27(18-16-25)34(40(37,38)29-11-7-4-8-12-29)22-30(35)33-32-21-24-13-19-28(20-14-24)39-31(36)26-9-5-3-6-10-26/h3-21,23H,22H2,1-2H3,(H,33,35)/b32-21-. The topological polar surface area (TPSA) is 105 Å². The molecule has 1 N–H and O–H groups in total. The van der Waals surface area contributed by atoms with Crippen molar-refractivity contribution in [2.24, 2.45) is 5.10 Å². The minimum atomic E-state index is -4.02. The third-order valence-corrected chi connectivity index (χ3v) is 7.76. The van der Waals surface area contributed by atoms with Crippen molar-refractivity contribution in [1.29, 1.82) is 0 Å². The monoisotopic (exact) mass is 555 g/mol. The maximum atomic E-state index is 13.5. The summed E-state index contributed by atoms with van der Waals surface area (Å²) in [5.74, 6) is -0.448. The molecule has 204 valence electrons. The Morgan fingerprint density at radius 2 is 1.45 bits per heavy atom. The fraction of sp³-hybridized carbons (Fsp3) is 0.129. The molecule has 1 amide bonds. The largest absolute Gasteiger partial charge is 0.423 e. The number of hydrogen-bond donors (Lipinski definition) is 1. The molecule has 0 bridgehead atoms. The molecule has 4 aromatic carbocycles. The zero-order valence-electron chi connectivity index (χ0n) is 22.1. The van der Waals surface area contributed by atoms with Gasteiger partial charge in [-0.3, -0.25) is 9.10 Å². The second kappa shape index (κ2) is 12.9. The second-order valence-corrected chi connectivity index (χ2v) is 11.1. The molecule has 0 aromatic heterocycles. The van der Waals surface area contributed by atoms with Crippen LogP contribution in [0.3, 0.4) is 0 Å². The van der Waals surface area contributed by atoms with Gasteiger partial charge in [0.15, 0.2) is 0 Å². The van der Waals surface area contributed by atoms with Crippen LogP contribution < -0.4 is 14.5 Å². The summed E-state index contributed by atoms with van der Waals surface area (Å²) in [6.07, 6.45) is 1.41. The molecule has 0 saturated heterocycles. The van der Waals surface area contributed by atoms with Crippen molar-refractivity contribution in [3.8, 4) is 5.75 Å². The Morgan fingerprint density at radius 1 is 0.850 bits per heavy atom. The Morgan fingerprint density at radius 3 is 2.05 bits per heavy atom. The minimum absolute atomic E-state index is 0.0762. The van der Waals surface area contributed by atoms with E-state index in [1.54, 1.807) is 78.9 Å². The van der Waals surface area contributed by atoms with Gasteiger partial charge in [-0.1, -0.05) is 62.4 Å². The van der Waals surface area contributed by atoms with Gasteiger partial charge in [-0.2, -0.15) is 5.10 Å². The number of benzene rings is 4. The highest BCUT2D eigenvalue weighted by Gasteiger charge is 2.27. The Hall–Kier alpha value is -4.76. The van der Waals surface area contributed by atoms with E-state index < -0.39 is 28.4 Å². The number of anilines is 1. The van der Waals surface area contributed by atoms with Gasteiger partial charge in [0, 0.05) is 0 Å². The highest BCUT2D eigenvalue weighted by molar-refractivity contribution is 7.92.